The van der Waals surface area contributed by atoms with Gasteiger partial charge < -0.3 is 5.11 Å². The summed E-state index contributed by atoms with van der Waals surface area (Å²) in [5, 5.41) is 10.9. The van der Waals surface area contributed by atoms with Gasteiger partial charge in [-0.3, -0.25) is 5.32 Å². The van der Waals surface area contributed by atoms with Gasteiger partial charge in [-0.1, -0.05) is 54.6 Å². The van der Waals surface area contributed by atoms with Crippen molar-refractivity contribution in [1.29, 1.82) is 0 Å². The lowest BCUT2D eigenvalue weighted by molar-refractivity contribution is 0.210. The standard InChI is InChI=1S/C15H13NO2/c17-15(18)16-14-10-8-13(9-11-14)7-6-12-4-2-1-3-5-12/h1-11,16H,(H,17,18)/b7-6+. The van der Waals surface area contributed by atoms with E-state index in [0.29, 0.717) is 5.69 Å². The second-order valence-corrected chi connectivity index (χ2v) is 3.80. The summed E-state index contributed by atoms with van der Waals surface area (Å²) in [4.78, 5) is 10.4. The van der Waals surface area contributed by atoms with E-state index < -0.39 is 6.09 Å². The van der Waals surface area contributed by atoms with Crippen molar-refractivity contribution < 1.29 is 9.90 Å². The average molecular weight is 239 g/mol. The highest BCUT2D eigenvalue weighted by molar-refractivity contribution is 5.83. The highest BCUT2D eigenvalue weighted by Crippen LogP contribution is 2.12. The molecule has 2 rings (SSSR count). The third-order valence-electron chi connectivity index (χ3n) is 2.43. The Balaban J connectivity index is 2.06. The molecule has 0 spiro atoms. The molecule has 1 amide bonds. The fourth-order valence-corrected chi connectivity index (χ4v) is 1.56. The van der Waals surface area contributed by atoms with Gasteiger partial charge in [-0.25, -0.2) is 4.79 Å². The molecule has 3 heteroatoms. The third-order valence-corrected chi connectivity index (χ3v) is 2.43. The van der Waals surface area contributed by atoms with Crippen molar-refractivity contribution in [3.05, 3.63) is 65.7 Å². The molecule has 0 heterocycles. The fraction of sp³-hybridized carbons (Fsp3) is 0. The van der Waals surface area contributed by atoms with Gasteiger partial charge in [-0.15, -0.1) is 0 Å². The summed E-state index contributed by atoms with van der Waals surface area (Å²) < 4.78 is 0. The Morgan fingerprint density at radius 3 is 2.00 bits per heavy atom. The first kappa shape index (κ1) is 11.9. The van der Waals surface area contributed by atoms with Crippen LogP contribution in [-0.4, -0.2) is 11.2 Å². The molecule has 0 saturated carbocycles. The molecular weight excluding hydrogens is 226 g/mol. The Morgan fingerprint density at radius 2 is 1.44 bits per heavy atom. The van der Waals surface area contributed by atoms with Crippen LogP contribution in [-0.2, 0) is 0 Å². The largest absolute Gasteiger partial charge is 0.465 e. The second kappa shape index (κ2) is 5.68. The van der Waals surface area contributed by atoms with Gasteiger partial charge >= 0.3 is 6.09 Å². The van der Waals surface area contributed by atoms with Gasteiger partial charge in [-0.2, -0.15) is 0 Å². The number of carbonyl (C=O) groups is 1. The van der Waals surface area contributed by atoms with Crippen LogP contribution in [0.1, 0.15) is 11.1 Å². The lowest BCUT2D eigenvalue weighted by Gasteiger charge is -2.00. The van der Waals surface area contributed by atoms with Gasteiger partial charge in [0.2, 0.25) is 0 Å². The molecule has 18 heavy (non-hydrogen) atoms. The van der Waals surface area contributed by atoms with Crippen LogP contribution in [0.2, 0.25) is 0 Å². The zero-order chi connectivity index (χ0) is 12.8. The average Bonchev–Trinajstić information content (AvgIpc) is 2.38. The molecule has 0 atom stereocenters. The topological polar surface area (TPSA) is 49.3 Å². The highest BCUT2D eigenvalue weighted by Gasteiger charge is 1.96. The Labute approximate surface area is 105 Å². The van der Waals surface area contributed by atoms with Crippen molar-refractivity contribution in [1.82, 2.24) is 0 Å². The van der Waals surface area contributed by atoms with Gasteiger partial charge in [0, 0.05) is 5.69 Å². The third kappa shape index (κ3) is 3.49. The minimum Gasteiger partial charge on any atom is -0.465 e. The Bertz CT molecular complexity index is 544. The van der Waals surface area contributed by atoms with Crippen LogP contribution in [0.4, 0.5) is 10.5 Å². The maximum atomic E-state index is 10.4. The zero-order valence-electron chi connectivity index (χ0n) is 9.71. The van der Waals surface area contributed by atoms with Crippen LogP contribution in [0.5, 0.6) is 0 Å². The molecule has 2 N–H and O–H groups in total. The lowest BCUT2D eigenvalue weighted by atomic mass is 10.1. The van der Waals surface area contributed by atoms with Crippen molar-refractivity contribution in [3.63, 3.8) is 0 Å². The predicted octanol–water partition coefficient (Wildman–Crippen LogP) is 3.95. The monoisotopic (exact) mass is 239 g/mol. The summed E-state index contributed by atoms with van der Waals surface area (Å²) in [5.41, 5.74) is 2.72. The minimum absolute atomic E-state index is 0.569. The first-order valence-electron chi connectivity index (χ1n) is 5.57. The summed E-state index contributed by atoms with van der Waals surface area (Å²) >= 11 is 0. The molecule has 0 aliphatic carbocycles. The Kier molecular flexibility index (Phi) is 3.76. The maximum absolute atomic E-state index is 10.4. The zero-order valence-corrected chi connectivity index (χ0v) is 9.71. The van der Waals surface area contributed by atoms with E-state index in [0.717, 1.165) is 11.1 Å². The predicted molar refractivity (Wildman–Crippen MR) is 73.5 cm³/mol. The van der Waals surface area contributed by atoms with E-state index in [1.54, 1.807) is 12.1 Å². The minimum atomic E-state index is -1.05. The van der Waals surface area contributed by atoms with Gasteiger partial charge in [-0.05, 0) is 23.3 Å². The first-order valence-corrected chi connectivity index (χ1v) is 5.57. The molecule has 0 fully saturated rings. The second-order valence-electron chi connectivity index (χ2n) is 3.80. The number of benzene rings is 2. The number of amides is 1. The molecule has 0 unspecified atom stereocenters. The summed E-state index contributed by atoms with van der Waals surface area (Å²) in [6.45, 7) is 0. The molecule has 0 aromatic heterocycles. The van der Waals surface area contributed by atoms with Gasteiger partial charge in [0.25, 0.3) is 0 Å². The van der Waals surface area contributed by atoms with Crippen LogP contribution in [0.3, 0.4) is 0 Å². The number of rotatable bonds is 3. The van der Waals surface area contributed by atoms with E-state index in [-0.39, 0.29) is 0 Å². The summed E-state index contributed by atoms with van der Waals surface area (Å²) in [7, 11) is 0. The van der Waals surface area contributed by atoms with Crippen LogP contribution in [0, 0.1) is 0 Å². The van der Waals surface area contributed by atoms with Crippen LogP contribution in [0.25, 0.3) is 12.2 Å². The lowest BCUT2D eigenvalue weighted by Crippen LogP contribution is -2.06. The van der Waals surface area contributed by atoms with Gasteiger partial charge in [0.1, 0.15) is 0 Å². The number of hydrogen-bond acceptors (Lipinski definition) is 1. The Morgan fingerprint density at radius 1 is 0.889 bits per heavy atom. The van der Waals surface area contributed by atoms with Gasteiger partial charge in [0.15, 0.2) is 0 Å². The smallest absolute Gasteiger partial charge is 0.409 e. The highest BCUT2D eigenvalue weighted by atomic mass is 16.4. The molecule has 0 saturated heterocycles. The van der Waals surface area contributed by atoms with Crippen LogP contribution in [0.15, 0.2) is 54.6 Å². The summed E-state index contributed by atoms with van der Waals surface area (Å²) in [6.07, 6.45) is 2.95. The molecule has 2 aromatic carbocycles. The van der Waals surface area contributed by atoms with Crippen molar-refractivity contribution >= 4 is 23.9 Å². The molecule has 3 nitrogen and oxygen atoms in total. The SMILES string of the molecule is O=C(O)Nc1ccc(/C=C/c2ccccc2)cc1. The molecule has 0 radical (unpaired) electrons. The van der Waals surface area contributed by atoms with Gasteiger partial charge in [0.05, 0.1) is 0 Å². The van der Waals surface area contributed by atoms with E-state index in [1.807, 2.05) is 54.6 Å². The van der Waals surface area contributed by atoms with Crippen molar-refractivity contribution in [3.8, 4) is 0 Å². The fourth-order valence-electron chi connectivity index (χ4n) is 1.56. The normalized spacial score (nSPS) is 10.4. The molecular formula is C15H13NO2. The van der Waals surface area contributed by atoms with Crippen molar-refractivity contribution in [2.75, 3.05) is 5.32 Å². The summed E-state index contributed by atoms with van der Waals surface area (Å²) in [5.74, 6) is 0. The molecule has 2 aromatic rings. The van der Waals surface area contributed by atoms with E-state index in [4.69, 9.17) is 5.11 Å². The maximum Gasteiger partial charge on any atom is 0.409 e. The molecule has 0 aliphatic heterocycles. The molecule has 0 bridgehead atoms. The number of carboxylic acid groups (broad SMARTS) is 1. The quantitative estimate of drug-likeness (QED) is 0.797. The number of nitrogens with one attached hydrogen (secondary N) is 1. The van der Waals surface area contributed by atoms with E-state index >= 15 is 0 Å². The van der Waals surface area contributed by atoms with Crippen molar-refractivity contribution in [2.24, 2.45) is 0 Å². The van der Waals surface area contributed by atoms with E-state index in [2.05, 4.69) is 5.32 Å². The van der Waals surface area contributed by atoms with Crippen molar-refractivity contribution in [2.45, 2.75) is 0 Å². The number of hydrogen-bond donors (Lipinski definition) is 2. The molecule has 90 valence electrons. The summed E-state index contributed by atoms with van der Waals surface area (Å²) in [6, 6.07) is 17.2. The molecule has 0 aliphatic rings. The van der Waals surface area contributed by atoms with Crippen LogP contribution < -0.4 is 5.32 Å². The first-order chi connectivity index (χ1) is 8.74. The number of anilines is 1. The van der Waals surface area contributed by atoms with Crippen LogP contribution >= 0.6 is 0 Å². The Hall–Kier alpha value is -2.55. The van der Waals surface area contributed by atoms with E-state index in [9.17, 15) is 4.79 Å². The van der Waals surface area contributed by atoms with E-state index in [1.165, 1.54) is 0 Å².